The second kappa shape index (κ2) is 6.45. The zero-order chi connectivity index (χ0) is 15.4. The highest BCUT2D eigenvalue weighted by Crippen LogP contribution is 2.15. The molecule has 2 aromatic rings. The Labute approximate surface area is 125 Å². The zero-order valence-electron chi connectivity index (χ0n) is 11.6. The van der Waals surface area contributed by atoms with E-state index in [0.717, 1.165) is 15.4 Å². The Balaban J connectivity index is 1.93. The number of halogens is 1. The van der Waals surface area contributed by atoms with E-state index < -0.39 is 17.6 Å². The molecule has 1 aromatic carbocycles. The average Bonchev–Trinajstić information content (AvgIpc) is 2.86. The van der Waals surface area contributed by atoms with Gasteiger partial charge in [-0.1, -0.05) is 6.07 Å². The van der Waals surface area contributed by atoms with Gasteiger partial charge in [0, 0.05) is 11.1 Å². The van der Waals surface area contributed by atoms with Crippen LogP contribution in [-0.2, 0) is 16.1 Å². The molecule has 1 heterocycles. The van der Waals surface area contributed by atoms with Crippen LogP contribution in [-0.4, -0.2) is 16.8 Å². The van der Waals surface area contributed by atoms with Crippen molar-refractivity contribution in [1.29, 1.82) is 0 Å². The molecule has 2 amide bonds. The van der Waals surface area contributed by atoms with Crippen LogP contribution in [0.4, 0.5) is 10.1 Å². The van der Waals surface area contributed by atoms with Gasteiger partial charge in [-0.25, -0.2) is 9.37 Å². The van der Waals surface area contributed by atoms with Gasteiger partial charge < -0.3 is 10.6 Å². The quantitative estimate of drug-likeness (QED) is 0.854. The second-order valence-corrected chi connectivity index (χ2v) is 5.79. The number of carbonyl (C=O) groups excluding carboxylic acids is 2. The Kier molecular flexibility index (Phi) is 4.64. The first-order valence-corrected chi connectivity index (χ1v) is 7.04. The van der Waals surface area contributed by atoms with Crippen molar-refractivity contribution in [2.24, 2.45) is 0 Å². The van der Waals surface area contributed by atoms with Crippen LogP contribution in [0.25, 0.3) is 0 Å². The molecule has 2 rings (SSSR count). The molecule has 21 heavy (non-hydrogen) atoms. The molecule has 2 N–H and O–H groups in total. The molecular weight excluding hydrogens is 293 g/mol. The molecule has 0 fully saturated rings. The van der Waals surface area contributed by atoms with Crippen LogP contribution in [0.1, 0.15) is 15.4 Å². The standard InChI is InChI=1S/C14H14FN3O2S/c1-8-3-4-11(15)12(5-8)18-14(20)13(19)17-7-10-6-16-9(2)21-10/h3-6H,7H2,1-2H3,(H,17,19)(H,18,20). The number of thiazole rings is 1. The van der Waals surface area contributed by atoms with Gasteiger partial charge in [0.15, 0.2) is 0 Å². The van der Waals surface area contributed by atoms with E-state index in [1.54, 1.807) is 19.2 Å². The summed E-state index contributed by atoms with van der Waals surface area (Å²) in [7, 11) is 0. The predicted molar refractivity (Wildman–Crippen MR) is 78.5 cm³/mol. The number of nitrogens with one attached hydrogen (secondary N) is 2. The third-order valence-electron chi connectivity index (χ3n) is 2.67. The Morgan fingerprint density at radius 2 is 2.05 bits per heavy atom. The molecule has 110 valence electrons. The summed E-state index contributed by atoms with van der Waals surface area (Å²) in [6.07, 6.45) is 1.64. The Hall–Kier alpha value is -2.28. The first kappa shape index (κ1) is 15.1. The molecule has 0 aliphatic rings. The maximum atomic E-state index is 13.5. The maximum Gasteiger partial charge on any atom is 0.313 e. The number of aryl methyl sites for hydroxylation is 2. The van der Waals surface area contributed by atoms with Crippen LogP contribution in [0, 0.1) is 19.7 Å². The number of amides is 2. The number of benzene rings is 1. The summed E-state index contributed by atoms with van der Waals surface area (Å²) in [4.78, 5) is 28.3. The lowest BCUT2D eigenvalue weighted by atomic mass is 10.2. The van der Waals surface area contributed by atoms with Crippen molar-refractivity contribution in [3.05, 3.63) is 45.7 Å². The number of hydrogen-bond donors (Lipinski definition) is 2. The largest absolute Gasteiger partial charge is 0.343 e. The van der Waals surface area contributed by atoms with Crippen LogP contribution in [0.3, 0.4) is 0 Å². The summed E-state index contributed by atoms with van der Waals surface area (Å²) in [5.41, 5.74) is 0.774. The summed E-state index contributed by atoms with van der Waals surface area (Å²) in [5, 5.41) is 5.60. The number of nitrogens with zero attached hydrogens (tertiary/aromatic N) is 1. The van der Waals surface area contributed by atoms with Gasteiger partial charge in [0.25, 0.3) is 0 Å². The third kappa shape index (κ3) is 4.09. The lowest BCUT2D eigenvalue weighted by Gasteiger charge is -2.07. The van der Waals surface area contributed by atoms with Gasteiger partial charge in [-0.15, -0.1) is 11.3 Å². The van der Waals surface area contributed by atoms with Gasteiger partial charge in [-0.2, -0.15) is 0 Å². The highest BCUT2D eigenvalue weighted by Gasteiger charge is 2.15. The van der Waals surface area contributed by atoms with Crippen LogP contribution in [0.15, 0.2) is 24.4 Å². The van der Waals surface area contributed by atoms with Crippen LogP contribution < -0.4 is 10.6 Å². The Morgan fingerprint density at radius 3 is 2.71 bits per heavy atom. The lowest BCUT2D eigenvalue weighted by molar-refractivity contribution is -0.136. The molecule has 0 saturated heterocycles. The van der Waals surface area contributed by atoms with Gasteiger partial charge in [-0.3, -0.25) is 9.59 Å². The zero-order valence-corrected chi connectivity index (χ0v) is 12.4. The molecule has 0 unspecified atom stereocenters. The smallest absolute Gasteiger partial charge is 0.313 e. The Bertz CT molecular complexity index is 685. The number of anilines is 1. The number of aromatic nitrogens is 1. The van der Waals surface area contributed by atoms with E-state index in [9.17, 15) is 14.0 Å². The molecule has 0 bridgehead atoms. The molecule has 0 saturated carbocycles. The maximum absolute atomic E-state index is 13.5. The summed E-state index contributed by atoms with van der Waals surface area (Å²) >= 11 is 1.43. The third-order valence-corrected chi connectivity index (χ3v) is 3.58. The van der Waals surface area contributed by atoms with Crippen molar-refractivity contribution in [2.45, 2.75) is 20.4 Å². The van der Waals surface area contributed by atoms with Crippen molar-refractivity contribution < 1.29 is 14.0 Å². The Morgan fingerprint density at radius 1 is 1.29 bits per heavy atom. The summed E-state index contributed by atoms with van der Waals surface area (Å²) in [6.45, 7) is 3.83. The van der Waals surface area contributed by atoms with E-state index in [-0.39, 0.29) is 12.2 Å². The highest BCUT2D eigenvalue weighted by atomic mass is 32.1. The van der Waals surface area contributed by atoms with E-state index in [1.807, 2.05) is 6.92 Å². The van der Waals surface area contributed by atoms with Crippen molar-refractivity contribution >= 4 is 28.8 Å². The van der Waals surface area contributed by atoms with Crippen molar-refractivity contribution in [1.82, 2.24) is 10.3 Å². The minimum Gasteiger partial charge on any atom is -0.343 e. The molecular formula is C14H14FN3O2S. The van der Waals surface area contributed by atoms with Crippen LogP contribution in [0.2, 0.25) is 0 Å². The summed E-state index contributed by atoms with van der Waals surface area (Å²) < 4.78 is 13.5. The molecule has 5 nitrogen and oxygen atoms in total. The SMILES string of the molecule is Cc1ccc(F)c(NC(=O)C(=O)NCc2cnc(C)s2)c1. The van der Waals surface area contributed by atoms with E-state index in [0.29, 0.717) is 0 Å². The minimum absolute atomic E-state index is 0.0104. The molecule has 7 heteroatoms. The number of carbonyl (C=O) groups is 2. The van der Waals surface area contributed by atoms with E-state index in [4.69, 9.17) is 0 Å². The van der Waals surface area contributed by atoms with E-state index >= 15 is 0 Å². The van der Waals surface area contributed by atoms with Gasteiger partial charge in [0.2, 0.25) is 0 Å². The van der Waals surface area contributed by atoms with Crippen LogP contribution >= 0.6 is 11.3 Å². The van der Waals surface area contributed by atoms with E-state index in [1.165, 1.54) is 23.5 Å². The van der Waals surface area contributed by atoms with Crippen molar-refractivity contribution in [3.63, 3.8) is 0 Å². The fraction of sp³-hybridized carbons (Fsp3) is 0.214. The topological polar surface area (TPSA) is 71.1 Å². The lowest BCUT2D eigenvalue weighted by Crippen LogP contribution is -2.35. The van der Waals surface area contributed by atoms with Crippen molar-refractivity contribution in [3.8, 4) is 0 Å². The second-order valence-electron chi connectivity index (χ2n) is 4.47. The predicted octanol–water partition coefficient (Wildman–Crippen LogP) is 2.15. The summed E-state index contributed by atoms with van der Waals surface area (Å²) in [6, 6.07) is 4.28. The van der Waals surface area contributed by atoms with Gasteiger partial charge in [0.1, 0.15) is 5.82 Å². The normalized spacial score (nSPS) is 10.2. The summed E-state index contributed by atoms with van der Waals surface area (Å²) in [5.74, 6) is -2.30. The number of hydrogen-bond acceptors (Lipinski definition) is 4. The molecule has 0 radical (unpaired) electrons. The first-order valence-electron chi connectivity index (χ1n) is 6.22. The van der Waals surface area contributed by atoms with Crippen molar-refractivity contribution in [2.75, 3.05) is 5.32 Å². The number of rotatable bonds is 3. The van der Waals surface area contributed by atoms with Gasteiger partial charge >= 0.3 is 11.8 Å². The first-order chi connectivity index (χ1) is 9.95. The molecule has 0 atom stereocenters. The monoisotopic (exact) mass is 307 g/mol. The fourth-order valence-corrected chi connectivity index (χ4v) is 2.38. The van der Waals surface area contributed by atoms with Crippen LogP contribution in [0.5, 0.6) is 0 Å². The highest BCUT2D eigenvalue weighted by molar-refractivity contribution is 7.11. The van der Waals surface area contributed by atoms with Gasteiger partial charge in [-0.05, 0) is 31.5 Å². The molecule has 1 aromatic heterocycles. The van der Waals surface area contributed by atoms with Gasteiger partial charge in [0.05, 0.1) is 17.2 Å². The molecule has 0 aliphatic heterocycles. The fourth-order valence-electron chi connectivity index (χ4n) is 1.65. The minimum atomic E-state index is -0.902. The molecule has 0 spiro atoms. The average molecular weight is 307 g/mol. The van der Waals surface area contributed by atoms with E-state index in [2.05, 4.69) is 15.6 Å². The molecule has 0 aliphatic carbocycles.